The lowest BCUT2D eigenvalue weighted by Crippen LogP contribution is -1.65. The van der Waals surface area contributed by atoms with Crippen molar-refractivity contribution < 1.29 is 5.11 Å². The quantitative estimate of drug-likeness (QED) is 0.697. The summed E-state index contributed by atoms with van der Waals surface area (Å²) in [4.78, 5) is 2.88. The lowest BCUT2D eigenvalue weighted by molar-refractivity contribution is 0.476. The van der Waals surface area contributed by atoms with Crippen molar-refractivity contribution >= 4 is 11.5 Å². The molecular formula is C10H9N3O. The molecule has 1 aromatic heterocycles. The number of aromatic hydroxyl groups is 1. The Bertz CT molecular complexity index is 434. The van der Waals surface area contributed by atoms with E-state index < -0.39 is 0 Å². The number of aromatic nitrogens is 1. The molecule has 2 rings (SSSR count). The highest BCUT2D eigenvalue weighted by molar-refractivity contribution is 5.49. The molecule has 0 amide bonds. The number of H-pyrrole nitrogens is 1. The Morgan fingerprint density at radius 1 is 1.00 bits per heavy atom. The minimum Gasteiger partial charge on any atom is -0.506 e. The third kappa shape index (κ3) is 1.80. The zero-order chi connectivity index (χ0) is 9.80. The topological polar surface area (TPSA) is 60.7 Å². The maximum atomic E-state index is 9.38. The smallest absolute Gasteiger partial charge is 0.152 e. The van der Waals surface area contributed by atoms with Crippen LogP contribution in [0.4, 0.5) is 11.5 Å². The van der Waals surface area contributed by atoms with Gasteiger partial charge in [-0.15, -0.1) is 10.2 Å². The van der Waals surface area contributed by atoms with Crippen molar-refractivity contribution in [2.75, 3.05) is 0 Å². The van der Waals surface area contributed by atoms with Crippen molar-refractivity contribution in [2.24, 2.45) is 10.2 Å². The number of phenolic OH excluding ortho intramolecular Hbond substituents is 1. The van der Waals surface area contributed by atoms with Crippen LogP contribution in [0.1, 0.15) is 0 Å². The predicted molar refractivity (Wildman–Crippen MR) is 53.1 cm³/mol. The molecule has 2 N–H and O–H groups in total. The van der Waals surface area contributed by atoms with Crippen molar-refractivity contribution in [1.29, 1.82) is 0 Å². The van der Waals surface area contributed by atoms with Crippen molar-refractivity contribution in [3.8, 4) is 5.75 Å². The predicted octanol–water partition coefficient (Wildman–Crippen LogP) is 3.14. The van der Waals surface area contributed by atoms with Gasteiger partial charge in [-0.1, -0.05) is 12.1 Å². The van der Waals surface area contributed by atoms with E-state index in [0.717, 1.165) is 0 Å². The van der Waals surface area contributed by atoms with Crippen LogP contribution in [0.15, 0.2) is 52.8 Å². The summed E-state index contributed by atoms with van der Waals surface area (Å²) >= 11 is 0. The van der Waals surface area contributed by atoms with Gasteiger partial charge in [-0.05, 0) is 24.3 Å². The minimum atomic E-state index is 0.128. The molecule has 0 aliphatic rings. The van der Waals surface area contributed by atoms with Gasteiger partial charge in [0, 0.05) is 6.20 Å². The molecule has 4 nitrogen and oxygen atoms in total. The summed E-state index contributed by atoms with van der Waals surface area (Å²) in [7, 11) is 0. The second kappa shape index (κ2) is 3.74. The number of benzene rings is 1. The first-order valence-electron chi connectivity index (χ1n) is 4.19. The fraction of sp³-hybridized carbons (Fsp3) is 0. The Morgan fingerprint density at radius 2 is 1.86 bits per heavy atom. The Hall–Kier alpha value is -2.10. The molecule has 0 saturated heterocycles. The third-order valence-electron chi connectivity index (χ3n) is 1.73. The van der Waals surface area contributed by atoms with Gasteiger partial charge < -0.3 is 10.1 Å². The molecule has 0 saturated carbocycles. The number of nitrogens with one attached hydrogen (secondary N) is 1. The van der Waals surface area contributed by atoms with Crippen LogP contribution in [-0.2, 0) is 0 Å². The van der Waals surface area contributed by atoms with E-state index in [4.69, 9.17) is 0 Å². The van der Waals surface area contributed by atoms with Crippen LogP contribution in [0.2, 0.25) is 0 Å². The highest BCUT2D eigenvalue weighted by Crippen LogP contribution is 2.26. The number of nitrogens with zero attached hydrogens (tertiary/aromatic N) is 2. The lowest BCUT2D eigenvalue weighted by Gasteiger charge is -1.94. The maximum absolute atomic E-state index is 9.38. The van der Waals surface area contributed by atoms with Crippen molar-refractivity contribution in [3.05, 3.63) is 42.6 Å². The molecule has 70 valence electrons. The first kappa shape index (κ1) is 8.50. The molecule has 4 heteroatoms. The van der Waals surface area contributed by atoms with Gasteiger partial charge in [0.1, 0.15) is 11.4 Å². The van der Waals surface area contributed by atoms with Crippen LogP contribution in [-0.4, -0.2) is 10.1 Å². The van der Waals surface area contributed by atoms with Crippen molar-refractivity contribution in [1.82, 2.24) is 4.98 Å². The van der Waals surface area contributed by atoms with Gasteiger partial charge in [-0.3, -0.25) is 0 Å². The standard InChI is InChI=1S/C10H9N3O/c14-9-5-2-1-4-8(9)12-13-10-6-3-7-11-10/h1-7,11,14H. The number of hydrogen-bond acceptors (Lipinski definition) is 3. The van der Waals surface area contributed by atoms with Gasteiger partial charge in [0.05, 0.1) is 0 Å². The average Bonchev–Trinajstić information content (AvgIpc) is 2.69. The monoisotopic (exact) mass is 187 g/mol. The number of phenols is 1. The molecule has 1 heterocycles. The van der Waals surface area contributed by atoms with Crippen LogP contribution in [0.3, 0.4) is 0 Å². The van der Waals surface area contributed by atoms with Crippen LogP contribution in [0.25, 0.3) is 0 Å². The number of rotatable bonds is 2. The summed E-state index contributed by atoms with van der Waals surface area (Å²) in [5.41, 5.74) is 0.460. The van der Waals surface area contributed by atoms with E-state index in [-0.39, 0.29) is 5.75 Å². The van der Waals surface area contributed by atoms with Crippen LogP contribution in [0.5, 0.6) is 5.75 Å². The second-order valence-electron chi connectivity index (χ2n) is 2.74. The van der Waals surface area contributed by atoms with Gasteiger partial charge in [0.25, 0.3) is 0 Å². The maximum Gasteiger partial charge on any atom is 0.152 e. The first-order valence-corrected chi connectivity index (χ1v) is 4.19. The Kier molecular flexibility index (Phi) is 2.27. The van der Waals surface area contributed by atoms with Gasteiger partial charge in [-0.2, -0.15) is 0 Å². The van der Waals surface area contributed by atoms with E-state index in [9.17, 15) is 5.11 Å². The van der Waals surface area contributed by atoms with Crippen molar-refractivity contribution in [3.63, 3.8) is 0 Å². The molecule has 0 aliphatic heterocycles. The molecule has 14 heavy (non-hydrogen) atoms. The van der Waals surface area contributed by atoms with Gasteiger partial charge >= 0.3 is 0 Å². The highest BCUT2D eigenvalue weighted by Gasteiger charge is 1.96. The number of hydrogen-bond donors (Lipinski definition) is 2. The third-order valence-corrected chi connectivity index (χ3v) is 1.73. The van der Waals surface area contributed by atoms with E-state index in [0.29, 0.717) is 11.5 Å². The molecule has 0 aliphatic carbocycles. The second-order valence-corrected chi connectivity index (χ2v) is 2.74. The van der Waals surface area contributed by atoms with E-state index >= 15 is 0 Å². The lowest BCUT2D eigenvalue weighted by atomic mass is 10.3. The molecule has 0 unspecified atom stereocenters. The minimum absolute atomic E-state index is 0.128. The van der Waals surface area contributed by atoms with Crippen LogP contribution in [0, 0.1) is 0 Å². The number of azo groups is 1. The normalized spacial score (nSPS) is 10.9. The Morgan fingerprint density at radius 3 is 2.57 bits per heavy atom. The van der Waals surface area contributed by atoms with E-state index in [1.165, 1.54) is 0 Å². The fourth-order valence-corrected chi connectivity index (χ4v) is 1.04. The molecule has 0 spiro atoms. The summed E-state index contributed by atoms with van der Waals surface area (Å²) in [6.45, 7) is 0. The average molecular weight is 187 g/mol. The Balaban J connectivity index is 2.23. The molecular weight excluding hydrogens is 178 g/mol. The largest absolute Gasteiger partial charge is 0.506 e. The summed E-state index contributed by atoms with van der Waals surface area (Å²) in [6, 6.07) is 10.4. The molecule has 0 atom stereocenters. The zero-order valence-electron chi connectivity index (χ0n) is 7.38. The van der Waals surface area contributed by atoms with E-state index in [2.05, 4.69) is 15.2 Å². The zero-order valence-corrected chi connectivity index (χ0v) is 7.38. The highest BCUT2D eigenvalue weighted by atomic mass is 16.3. The summed E-state index contributed by atoms with van der Waals surface area (Å²) in [5, 5.41) is 17.2. The number of para-hydroxylation sites is 1. The molecule has 2 aromatic rings. The van der Waals surface area contributed by atoms with Gasteiger partial charge in [0.2, 0.25) is 0 Å². The van der Waals surface area contributed by atoms with E-state index in [1.807, 2.05) is 6.07 Å². The molecule has 0 radical (unpaired) electrons. The molecule has 1 aromatic carbocycles. The Labute approximate surface area is 80.9 Å². The number of aromatic amines is 1. The summed E-state index contributed by atoms with van der Waals surface area (Å²) in [5.74, 6) is 0.788. The summed E-state index contributed by atoms with van der Waals surface area (Å²) < 4.78 is 0. The van der Waals surface area contributed by atoms with Crippen LogP contribution >= 0.6 is 0 Å². The van der Waals surface area contributed by atoms with Crippen molar-refractivity contribution in [2.45, 2.75) is 0 Å². The first-order chi connectivity index (χ1) is 6.86. The van der Waals surface area contributed by atoms with Gasteiger partial charge in [0.15, 0.2) is 5.82 Å². The fourth-order valence-electron chi connectivity index (χ4n) is 1.04. The summed E-state index contributed by atoms with van der Waals surface area (Å²) in [6.07, 6.45) is 1.76. The van der Waals surface area contributed by atoms with Gasteiger partial charge in [-0.25, -0.2) is 0 Å². The molecule has 0 bridgehead atoms. The van der Waals surface area contributed by atoms with Crippen LogP contribution < -0.4 is 0 Å². The SMILES string of the molecule is Oc1ccccc1N=Nc1ccc[nH]1. The van der Waals surface area contributed by atoms with E-state index in [1.54, 1.807) is 36.5 Å². The molecule has 0 fully saturated rings.